The van der Waals surface area contributed by atoms with Gasteiger partial charge in [-0.3, -0.25) is 9.59 Å². The first kappa shape index (κ1) is 29.2. The second-order valence-electron chi connectivity index (χ2n) is 12.0. The summed E-state index contributed by atoms with van der Waals surface area (Å²) in [5.41, 5.74) is 1.85. The highest BCUT2D eigenvalue weighted by molar-refractivity contribution is 6.30. The highest BCUT2D eigenvalue weighted by Crippen LogP contribution is 2.36. The molecule has 0 spiro atoms. The molecule has 4 aromatic rings. The number of nitrogens with zero attached hydrogens (tertiary/aromatic N) is 4. The molecule has 0 atom stereocenters. The molecule has 1 aromatic carbocycles. The standard InChI is InChI=1S/C31H30ClFN4O5/c1-30(2,3)19-13-23(17-6-8-20(32)21(33)12-17)35-24-14-25(42-26(19)24)28(39)37-11-10-36(16-31(37,4)5)27(38)18-7-9-22(29(40)41)34-15-18/h6-9,12-15H,10-11,16H2,1-5H3,(H,40,41). The van der Waals surface area contributed by atoms with Crippen molar-refractivity contribution in [2.75, 3.05) is 19.6 Å². The van der Waals surface area contributed by atoms with Crippen LogP contribution in [0.25, 0.3) is 22.4 Å². The van der Waals surface area contributed by atoms with Crippen LogP contribution in [-0.4, -0.2) is 67.8 Å². The summed E-state index contributed by atoms with van der Waals surface area (Å²) in [5.74, 6) is -2.24. The van der Waals surface area contributed by atoms with E-state index in [0.29, 0.717) is 22.4 Å². The Morgan fingerprint density at radius 2 is 1.79 bits per heavy atom. The average Bonchev–Trinajstić information content (AvgIpc) is 3.36. The highest BCUT2D eigenvalue weighted by Gasteiger charge is 2.40. The molecule has 218 valence electrons. The number of carbonyl (C=O) groups excluding carboxylic acids is 2. The van der Waals surface area contributed by atoms with E-state index in [1.807, 2.05) is 40.7 Å². The number of pyridine rings is 2. The number of fused-ring (bicyclic) bond motifs is 1. The van der Waals surface area contributed by atoms with Gasteiger partial charge in [-0.1, -0.05) is 38.4 Å². The fourth-order valence-electron chi connectivity index (χ4n) is 5.15. The molecule has 9 nitrogen and oxygen atoms in total. The Hall–Kier alpha value is -4.31. The number of hydrogen-bond donors (Lipinski definition) is 1. The summed E-state index contributed by atoms with van der Waals surface area (Å²) in [6, 6.07) is 10.7. The lowest BCUT2D eigenvalue weighted by Crippen LogP contribution is -2.62. The number of amides is 2. The molecule has 1 fully saturated rings. The Morgan fingerprint density at radius 1 is 1.05 bits per heavy atom. The lowest BCUT2D eigenvalue weighted by atomic mass is 9.86. The van der Waals surface area contributed by atoms with Crippen LogP contribution in [0.5, 0.6) is 0 Å². The number of hydrogen-bond acceptors (Lipinski definition) is 6. The Morgan fingerprint density at radius 3 is 2.38 bits per heavy atom. The molecule has 1 aliphatic heterocycles. The molecule has 42 heavy (non-hydrogen) atoms. The minimum atomic E-state index is -1.17. The quantitative estimate of drug-likeness (QED) is 0.306. The normalized spacial score (nSPS) is 15.2. The largest absolute Gasteiger partial charge is 0.477 e. The van der Waals surface area contributed by atoms with Crippen LogP contribution in [0, 0.1) is 5.82 Å². The van der Waals surface area contributed by atoms with Gasteiger partial charge in [0.25, 0.3) is 11.8 Å². The summed E-state index contributed by atoms with van der Waals surface area (Å²) in [4.78, 5) is 49.8. The minimum absolute atomic E-state index is 0.0178. The smallest absolute Gasteiger partial charge is 0.354 e. The molecule has 11 heteroatoms. The predicted molar refractivity (Wildman–Crippen MR) is 155 cm³/mol. The fraction of sp³-hybridized carbons (Fsp3) is 0.323. The van der Waals surface area contributed by atoms with Crippen LogP contribution in [0.15, 0.2) is 53.1 Å². The summed E-state index contributed by atoms with van der Waals surface area (Å²) in [7, 11) is 0. The van der Waals surface area contributed by atoms with E-state index in [1.165, 1.54) is 30.5 Å². The predicted octanol–water partition coefficient (Wildman–Crippen LogP) is 6.05. The van der Waals surface area contributed by atoms with Crippen molar-refractivity contribution in [1.82, 2.24) is 19.8 Å². The van der Waals surface area contributed by atoms with E-state index in [0.717, 1.165) is 5.56 Å². The molecule has 0 radical (unpaired) electrons. The molecular weight excluding hydrogens is 563 g/mol. The SMILES string of the molecule is CC(C)(C)c1cc(-c2ccc(Cl)c(F)c2)nc2cc(C(=O)N3CCN(C(=O)c4ccc(C(=O)O)nc4)CC3(C)C)oc12. The first-order chi connectivity index (χ1) is 19.7. The zero-order valence-electron chi connectivity index (χ0n) is 23.9. The van der Waals surface area contributed by atoms with Gasteiger partial charge >= 0.3 is 5.97 Å². The lowest BCUT2D eigenvalue weighted by molar-refractivity contribution is 0.0150. The van der Waals surface area contributed by atoms with E-state index < -0.39 is 17.3 Å². The van der Waals surface area contributed by atoms with Gasteiger partial charge in [0.2, 0.25) is 0 Å². The van der Waals surface area contributed by atoms with Crippen molar-refractivity contribution in [3.8, 4) is 11.3 Å². The summed E-state index contributed by atoms with van der Waals surface area (Å²) >= 11 is 5.88. The van der Waals surface area contributed by atoms with Gasteiger partial charge in [-0.15, -0.1) is 0 Å². The van der Waals surface area contributed by atoms with Crippen molar-refractivity contribution in [2.24, 2.45) is 0 Å². The van der Waals surface area contributed by atoms with Gasteiger partial charge in [-0.25, -0.2) is 19.2 Å². The number of halogens is 2. The number of piperazine rings is 1. The Kier molecular flexibility index (Phi) is 7.30. The molecule has 2 amide bonds. The Bertz CT molecular complexity index is 1730. The first-order valence-electron chi connectivity index (χ1n) is 13.4. The number of aromatic nitrogens is 2. The van der Waals surface area contributed by atoms with Crippen LogP contribution >= 0.6 is 11.6 Å². The van der Waals surface area contributed by atoms with Crippen molar-refractivity contribution in [2.45, 2.75) is 45.6 Å². The van der Waals surface area contributed by atoms with Crippen LogP contribution in [0.4, 0.5) is 4.39 Å². The molecule has 1 N–H and O–H groups in total. The molecule has 3 aromatic heterocycles. The third-order valence-corrected chi connectivity index (χ3v) is 7.68. The zero-order valence-corrected chi connectivity index (χ0v) is 24.6. The molecular formula is C31H30ClFN4O5. The number of furan rings is 1. The molecule has 5 rings (SSSR count). The zero-order chi connectivity index (χ0) is 30.6. The molecule has 0 bridgehead atoms. The molecule has 0 saturated carbocycles. The number of carbonyl (C=O) groups is 3. The van der Waals surface area contributed by atoms with Crippen molar-refractivity contribution in [3.05, 3.63) is 82.1 Å². The molecule has 4 heterocycles. The van der Waals surface area contributed by atoms with Gasteiger partial charge < -0.3 is 19.3 Å². The second kappa shape index (κ2) is 10.5. The van der Waals surface area contributed by atoms with E-state index in [2.05, 4.69) is 4.98 Å². The molecule has 1 saturated heterocycles. The number of rotatable bonds is 4. The summed E-state index contributed by atoms with van der Waals surface area (Å²) in [5, 5.41) is 9.09. The van der Waals surface area contributed by atoms with Crippen LogP contribution in [-0.2, 0) is 5.41 Å². The van der Waals surface area contributed by atoms with Gasteiger partial charge in [0.05, 0.1) is 21.8 Å². The number of aromatic carboxylic acids is 1. The first-order valence-corrected chi connectivity index (χ1v) is 13.7. The van der Waals surface area contributed by atoms with E-state index >= 15 is 0 Å². The maximum Gasteiger partial charge on any atom is 0.354 e. The van der Waals surface area contributed by atoms with Gasteiger partial charge in [-0.2, -0.15) is 0 Å². The average molecular weight is 593 g/mol. The Labute approximate surface area is 246 Å². The van der Waals surface area contributed by atoms with E-state index in [9.17, 15) is 18.8 Å². The summed E-state index contributed by atoms with van der Waals surface area (Å²) < 4.78 is 20.4. The minimum Gasteiger partial charge on any atom is -0.477 e. The van der Waals surface area contributed by atoms with Gasteiger partial charge in [0.1, 0.15) is 17.0 Å². The van der Waals surface area contributed by atoms with Crippen molar-refractivity contribution in [3.63, 3.8) is 0 Å². The molecule has 0 unspecified atom stereocenters. The van der Waals surface area contributed by atoms with Crippen molar-refractivity contribution in [1.29, 1.82) is 0 Å². The maximum absolute atomic E-state index is 14.2. The van der Waals surface area contributed by atoms with Crippen LogP contribution in [0.1, 0.15) is 71.6 Å². The number of carboxylic acids is 1. The third-order valence-electron chi connectivity index (χ3n) is 7.38. The summed E-state index contributed by atoms with van der Waals surface area (Å²) in [6.07, 6.45) is 1.25. The van der Waals surface area contributed by atoms with E-state index in [4.69, 9.17) is 26.1 Å². The molecule has 1 aliphatic rings. The number of carboxylic acid groups (broad SMARTS) is 1. The van der Waals surface area contributed by atoms with Crippen LogP contribution in [0.2, 0.25) is 5.02 Å². The van der Waals surface area contributed by atoms with Crippen molar-refractivity contribution < 1.29 is 28.3 Å². The fourth-order valence-corrected chi connectivity index (χ4v) is 5.27. The van der Waals surface area contributed by atoms with Gasteiger partial charge in [0.15, 0.2) is 11.3 Å². The monoisotopic (exact) mass is 592 g/mol. The van der Waals surface area contributed by atoms with Crippen LogP contribution in [0.3, 0.4) is 0 Å². The van der Waals surface area contributed by atoms with E-state index in [1.54, 1.807) is 21.9 Å². The third kappa shape index (κ3) is 5.46. The lowest BCUT2D eigenvalue weighted by Gasteiger charge is -2.46. The van der Waals surface area contributed by atoms with Crippen molar-refractivity contribution >= 4 is 40.5 Å². The summed E-state index contributed by atoms with van der Waals surface area (Å²) in [6.45, 7) is 10.6. The van der Waals surface area contributed by atoms with E-state index in [-0.39, 0.29) is 58.9 Å². The van der Waals surface area contributed by atoms with Gasteiger partial charge in [-0.05, 0) is 49.6 Å². The van der Waals surface area contributed by atoms with Gasteiger partial charge in [0, 0.05) is 43.0 Å². The topological polar surface area (TPSA) is 117 Å². The van der Waals surface area contributed by atoms with Crippen LogP contribution < -0.4 is 0 Å². The number of benzene rings is 1. The Balaban J connectivity index is 1.43. The second-order valence-corrected chi connectivity index (χ2v) is 12.4. The molecule has 0 aliphatic carbocycles. The maximum atomic E-state index is 14.2. The highest BCUT2D eigenvalue weighted by atomic mass is 35.5.